The number of nitrogen functional groups attached to an aromatic ring is 1. The molecule has 1 amide bonds. The second kappa shape index (κ2) is 5.52. The number of aromatic hydroxyl groups is 2. The van der Waals surface area contributed by atoms with E-state index in [2.05, 4.69) is 0 Å². The van der Waals surface area contributed by atoms with Crippen molar-refractivity contribution in [1.29, 1.82) is 0 Å². The predicted octanol–water partition coefficient (Wildman–Crippen LogP) is 1.95. The van der Waals surface area contributed by atoms with Crippen LogP contribution < -0.4 is 5.73 Å². The topological polar surface area (TPSA) is 86.8 Å². The van der Waals surface area contributed by atoms with Crippen LogP contribution in [0.5, 0.6) is 11.5 Å². The largest absolute Gasteiger partial charge is 0.508 e. The number of rotatable bonds is 3. The van der Waals surface area contributed by atoms with Gasteiger partial charge in [0, 0.05) is 19.3 Å². The zero-order valence-electron chi connectivity index (χ0n) is 11.1. The van der Waals surface area contributed by atoms with Crippen LogP contribution >= 0.6 is 0 Å². The number of hydrogen-bond donors (Lipinski definition) is 3. The maximum Gasteiger partial charge on any atom is 0.257 e. The Labute approximate surface area is 116 Å². The average molecular weight is 272 g/mol. The maximum atomic E-state index is 12.2. The Bertz CT molecular complexity index is 641. The minimum absolute atomic E-state index is 0.0574. The first kappa shape index (κ1) is 13.7. The van der Waals surface area contributed by atoms with E-state index in [4.69, 9.17) is 5.73 Å². The summed E-state index contributed by atoms with van der Waals surface area (Å²) in [7, 11) is 1.61. The molecule has 0 aromatic heterocycles. The van der Waals surface area contributed by atoms with E-state index in [0.29, 0.717) is 12.2 Å². The first-order chi connectivity index (χ1) is 9.49. The minimum Gasteiger partial charge on any atom is -0.508 e. The van der Waals surface area contributed by atoms with E-state index in [0.717, 1.165) is 5.56 Å². The van der Waals surface area contributed by atoms with Crippen LogP contribution in [0, 0.1) is 0 Å². The molecule has 0 unspecified atom stereocenters. The van der Waals surface area contributed by atoms with Gasteiger partial charge in [0.1, 0.15) is 11.5 Å². The summed E-state index contributed by atoms with van der Waals surface area (Å²) < 4.78 is 0. The van der Waals surface area contributed by atoms with Crippen LogP contribution in [-0.2, 0) is 6.54 Å². The number of nitrogens with two attached hydrogens (primary N) is 1. The highest BCUT2D eigenvalue weighted by Gasteiger charge is 2.17. The van der Waals surface area contributed by atoms with Gasteiger partial charge in [0.2, 0.25) is 0 Å². The number of hydrogen-bond acceptors (Lipinski definition) is 4. The fourth-order valence-electron chi connectivity index (χ4n) is 1.91. The molecule has 5 nitrogen and oxygen atoms in total. The highest BCUT2D eigenvalue weighted by molar-refractivity contribution is 5.97. The summed E-state index contributed by atoms with van der Waals surface area (Å²) in [5.74, 6) is -0.624. The van der Waals surface area contributed by atoms with E-state index in [9.17, 15) is 15.0 Å². The molecule has 104 valence electrons. The lowest BCUT2D eigenvalue weighted by atomic mass is 10.1. The van der Waals surface area contributed by atoms with Crippen LogP contribution in [0.1, 0.15) is 15.9 Å². The van der Waals surface area contributed by atoms with Gasteiger partial charge >= 0.3 is 0 Å². The molecule has 0 spiro atoms. The van der Waals surface area contributed by atoms with Crippen molar-refractivity contribution >= 4 is 11.6 Å². The second-order valence-electron chi connectivity index (χ2n) is 4.56. The number of phenolic OH excluding ortho intramolecular Hbond substituents is 2. The van der Waals surface area contributed by atoms with Crippen molar-refractivity contribution in [2.24, 2.45) is 0 Å². The van der Waals surface area contributed by atoms with E-state index >= 15 is 0 Å². The fraction of sp³-hybridized carbons (Fsp3) is 0.133. The summed E-state index contributed by atoms with van der Waals surface area (Å²) in [4.78, 5) is 13.7. The third-order valence-corrected chi connectivity index (χ3v) is 3.02. The molecule has 0 bridgehead atoms. The van der Waals surface area contributed by atoms with Crippen LogP contribution in [0.3, 0.4) is 0 Å². The third-order valence-electron chi connectivity index (χ3n) is 3.02. The molecule has 2 aromatic rings. The Balaban J connectivity index is 2.21. The summed E-state index contributed by atoms with van der Waals surface area (Å²) >= 11 is 0. The zero-order valence-corrected chi connectivity index (χ0v) is 11.1. The molecular weight excluding hydrogens is 256 g/mol. The molecule has 0 saturated carbocycles. The summed E-state index contributed by atoms with van der Waals surface area (Å²) in [6.07, 6.45) is 0. The minimum atomic E-state index is -0.387. The Kier molecular flexibility index (Phi) is 3.79. The molecule has 0 aliphatic heterocycles. The molecule has 5 heteroatoms. The lowest BCUT2D eigenvalue weighted by molar-refractivity contribution is 0.0782. The van der Waals surface area contributed by atoms with Crippen LogP contribution in [0.4, 0.5) is 5.69 Å². The molecule has 2 rings (SSSR count). The Morgan fingerprint density at radius 2 is 1.90 bits per heavy atom. The Hall–Kier alpha value is -2.69. The fourth-order valence-corrected chi connectivity index (χ4v) is 1.91. The van der Waals surface area contributed by atoms with Crippen molar-refractivity contribution in [2.45, 2.75) is 6.54 Å². The molecular formula is C15H16N2O3. The SMILES string of the molecule is CN(Cc1ccccc1N)C(=O)c1cc(O)ccc1O. The van der Waals surface area contributed by atoms with Gasteiger partial charge in [-0.3, -0.25) is 4.79 Å². The van der Waals surface area contributed by atoms with Gasteiger partial charge in [-0.15, -0.1) is 0 Å². The monoisotopic (exact) mass is 272 g/mol. The number of carbonyl (C=O) groups is 1. The lowest BCUT2D eigenvalue weighted by Crippen LogP contribution is -2.26. The highest BCUT2D eigenvalue weighted by Crippen LogP contribution is 2.24. The van der Waals surface area contributed by atoms with Gasteiger partial charge in [0.15, 0.2) is 0 Å². The van der Waals surface area contributed by atoms with Crippen LogP contribution in [0.15, 0.2) is 42.5 Å². The van der Waals surface area contributed by atoms with Gasteiger partial charge < -0.3 is 20.8 Å². The predicted molar refractivity (Wildman–Crippen MR) is 76.4 cm³/mol. The number of para-hydroxylation sites is 1. The van der Waals surface area contributed by atoms with E-state index < -0.39 is 0 Å². The Morgan fingerprint density at radius 1 is 1.20 bits per heavy atom. The third kappa shape index (κ3) is 2.83. The van der Waals surface area contributed by atoms with E-state index in [1.165, 1.54) is 23.1 Å². The van der Waals surface area contributed by atoms with Gasteiger partial charge in [0.25, 0.3) is 5.91 Å². The number of phenols is 2. The molecule has 4 N–H and O–H groups in total. The zero-order chi connectivity index (χ0) is 14.7. The van der Waals surface area contributed by atoms with Gasteiger partial charge in [-0.1, -0.05) is 18.2 Å². The van der Waals surface area contributed by atoms with E-state index in [1.807, 2.05) is 18.2 Å². The molecule has 0 aliphatic carbocycles. The molecule has 0 aliphatic rings. The number of nitrogens with zero attached hydrogens (tertiary/aromatic N) is 1. The van der Waals surface area contributed by atoms with Crippen LogP contribution in [0.2, 0.25) is 0 Å². The van der Waals surface area contributed by atoms with Crippen molar-refractivity contribution in [3.8, 4) is 11.5 Å². The van der Waals surface area contributed by atoms with Gasteiger partial charge in [-0.2, -0.15) is 0 Å². The standard InChI is InChI=1S/C15H16N2O3/c1-17(9-10-4-2-3-5-13(10)16)15(20)12-8-11(18)6-7-14(12)19/h2-8,18-19H,9,16H2,1H3. The first-order valence-electron chi connectivity index (χ1n) is 6.10. The van der Waals surface area contributed by atoms with Crippen molar-refractivity contribution in [3.63, 3.8) is 0 Å². The Morgan fingerprint density at radius 3 is 2.60 bits per heavy atom. The van der Waals surface area contributed by atoms with Gasteiger partial charge in [-0.25, -0.2) is 0 Å². The lowest BCUT2D eigenvalue weighted by Gasteiger charge is -2.19. The molecule has 2 aromatic carbocycles. The average Bonchev–Trinajstić information content (AvgIpc) is 2.43. The molecule has 0 atom stereocenters. The summed E-state index contributed by atoms with van der Waals surface area (Å²) in [5, 5.41) is 19.1. The van der Waals surface area contributed by atoms with Crippen molar-refractivity contribution in [3.05, 3.63) is 53.6 Å². The summed E-state index contributed by atoms with van der Waals surface area (Å²) in [6.45, 7) is 0.320. The van der Waals surface area contributed by atoms with E-state index in [-0.39, 0.29) is 23.0 Å². The summed E-state index contributed by atoms with van der Waals surface area (Å²) in [6, 6.07) is 11.1. The highest BCUT2D eigenvalue weighted by atomic mass is 16.3. The number of anilines is 1. The normalized spacial score (nSPS) is 10.2. The van der Waals surface area contributed by atoms with Crippen molar-refractivity contribution in [2.75, 3.05) is 12.8 Å². The molecule has 0 radical (unpaired) electrons. The summed E-state index contributed by atoms with van der Waals surface area (Å²) in [5.41, 5.74) is 7.32. The quantitative estimate of drug-likeness (QED) is 0.588. The first-order valence-corrected chi connectivity index (χ1v) is 6.10. The smallest absolute Gasteiger partial charge is 0.257 e. The second-order valence-corrected chi connectivity index (χ2v) is 4.56. The molecule has 0 heterocycles. The van der Waals surface area contributed by atoms with Gasteiger partial charge in [-0.05, 0) is 29.8 Å². The van der Waals surface area contributed by atoms with Crippen molar-refractivity contribution in [1.82, 2.24) is 4.90 Å². The van der Waals surface area contributed by atoms with Crippen LogP contribution in [-0.4, -0.2) is 28.1 Å². The molecule has 0 fully saturated rings. The van der Waals surface area contributed by atoms with Crippen LogP contribution in [0.25, 0.3) is 0 Å². The maximum absolute atomic E-state index is 12.2. The molecule has 20 heavy (non-hydrogen) atoms. The van der Waals surface area contributed by atoms with E-state index in [1.54, 1.807) is 13.1 Å². The molecule has 0 saturated heterocycles. The van der Waals surface area contributed by atoms with Crippen molar-refractivity contribution < 1.29 is 15.0 Å². The number of amides is 1. The van der Waals surface area contributed by atoms with Gasteiger partial charge in [0.05, 0.1) is 5.56 Å². The number of benzene rings is 2. The number of carbonyl (C=O) groups excluding carboxylic acids is 1.